The van der Waals surface area contributed by atoms with Gasteiger partial charge in [-0.2, -0.15) is 0 Å². The monoisotopic (exact) mass is 240 g/mol. The first kappa shape index (κ1) is 6.35. The maximum atomic E-state index is 12.2. The van der Waals surface area contributed by atoms with Crippen LogP contribution in [0.15, 0.2) is 40.9 Å². The first-order valence-corrected chi connectivity index (χ1v) is 5.68. The van der Waals surface area contributed by atoms with E-state index in [4.69, 9.17) is 11.6 Å². The van der Waals surface area contributed by atoms with Crippen molar-refractivity contribution in [1.29, 1.82) is 0 Å². The molecule has 1 aromatic rings. The highest BCUT2D eigenvalue weighted by molar-refractivity contribution is 8.04. The van der Waals surface area contributed by atoms with Crippen LogP contribution < -0.4 is 5.32 Å². The third-order valence-corrected chi connectivity index (χ3v) is 3.05. The zero-order valence-electron chi connectivity index (χ0n) is 13.6. The second-order valence-electron chi connectivity index (χ2n) is 3.04. The number of carbonyl (C=O) groups excluding carboxylic acids is 1. The van der Waals surface area contributed by atoms with Gasteiger partial charge in [0, 0.05) is 11.4 Å². The van der Waals surface area contributed by atoms with Crippen molar-refractivity contribution < 1.29 is 16.4 Å². The molecule has 1 heterocycles. The number of benzene rings is 1. The molecule has 0 radical (unpaired) electrons. The molecule has 0 saturated carbocycles. The zero-order chi connectivity index (χ0) is 15.7. The average Bonchev–Trinajstić information content (AvgIpc) is 2.48. The van der Waals surface area contributed by atoms with E-state index >= 15 is 0 Å². The summed E-state index contributed by atoms with van der Waals surface area (Å²) in [5.41, 5.74) is -0.225. The van der Waals surface area contributed by atoms with Gasteiger partial charge in [0.1, 0.15) is 10.7 Å². The largest absolute Gasteiger partial charge is 0.496 e. The number of allylic oxidation sites excluding steroid dienone is 1. The predicted molar refractivity (Wildman–Crippen MR) is 66.2 cm³/mol. The third-order valence-electron chi connectivity index (χ3n) is 1.91. The summed E-state index contributed by atoms with van der Waals surface area (Å²) in [7, 11) is 0. The molecule has 16 heavy (non-hydrogen) atoms. The summed E-state index contributed by atoms with van der Waals surface area (Å²) in [5.74, 6) is 0.562. The van der Waals surface area contributed by atoms with Crippen LogP contribution in [0.4, 0.5) is 5.69 Å². The Labute approximate surface area is 106 Å². The van der Waals surface area contributed by atoms with Crippen molar-refractivity contribution in [3.63, 3.8) is 0 Å². The molecule has 0 aliphatic carbocycles. The molecule has 0 spiro atoms. The fraction of sp³-hybridized carbons (Fsp3) is 0.250. The van der Waals surface area contributed by atoms with Gasteiger partial charge >= 0.3 is 0 Å². The van der Waals surface area contributed by atoms with Gasteiger partial charge in [0.05, 0.1) is 13.5 Å². The van der Waals surface area contributed by atoms with Crippen molar-refractivity contribution in [1.82, 2.24) is 0 Å². The number of carbonyl (C=O) groups is 1. The van der Waals surface area contributed by atoms with E-state index in [9.17, 15) is 4.79 Å². The van der Waals surface area contributed by atoms with Gasteiger partial charge in [-0.1, -0.05) is 18.1 Å². The Bertz CT molecular complexity index is 618. The third kappa shape index (κ3) is 2.58. The number of ether oxygens (including phenoxy) is 1. The van der Waals surface area contributed by atoms with Gasteiger partial charge in [-0.3, -0.25) is 4.79 Å². The van der Waals surface area contributed by atoms with Crippen LogP contribution >= 0.6 is 11.8 Å². The lowest BCUT2D eigenvalue weighted by Gasteiger charge is -2.17. The first-order valence-electron chi connectivity index (χ1n) is 7.19. The number of nitrogens with one attached hydrogen (secondary N) is 1. The van der Waals surface area contributed by atoms with Crippen molar-refractivity contribution >= 4 is 23.4 Å². The van der Waals surface area contributed by atoms with E-state index in [1.54, 1.807) is 6.92 Å². The molecule has 0 fully saturated rings. The molecule has 0 atom stereocenters. The van der Waals surface area contributed by atoms with Crippen molar-refractivity contribution in [3.05, 3.63) is 40.9 Å². The van der Waals surface area contributed by atoms with E-state index in [2.05, 4.69) is 5.32 Å². The summed E-state index contributed by atoms with van der Waals surface area (Å²) in [5, 5.41) is 2.39. The topological polar surface area (TPSA) is 38.3 Å². The minimum atomic E-state index is -0.532. The molecule has 0 saturated heterocycles. The van der Waals surface area contributed by atoms with Gasteiger partial charge in [-0.05, 0) is 19.0 Å². The van der Waals surface area contributed by atoms with Crippen molar-refractivity contribution in [2.24, 2.45) is 0 Å². The Morgan fingerprint density at radius 2 is 2.25 bits per heavy atom. The molecule has 1 N–H and O–H groups in total. The summed E-state index contributed by atoms with van der Waals surface area (Å²) in [6.07, 6.45) is 0. The summed E-state index contributed by atoms with van der Waals surface area (Å²) in [6, 6.07) is -2.33. The van der Waals surface area contributed by atoms with Crippen molar-refractivity contribution in [3.8, 4) is 0 Å². The second-order valence-corrected chi connectivity index (χ2v) is 4.14. The van der Waals surface area contributed by atoms with Crippen LogP contribution in [-0.4, -0.2) is 18.3 Å². The number of thioether (sulfide) groups is 1. The fourth-order valence-electron chi connectivity index (χ4n) is 1.21. The Kier molecular flexibility index (Phi) is 2.01. The Balaban J connectivity index is 2.39. The highest BCUT2D eigenvalue weighted by Gasteiger charge is 2.18. The Morgan fingerprint density at radius 1 is 1.50 bits per heavy atom. The maximum Gasteiger partial charge on any atom is 0.265 e. The number of para-hydroxylation sites is 1. The predicted octanol–water partition coefficient (Wildman–Crippen LogP) is 2.62. The van der Waals surface area contributed by atoms with Gasteiger partial charge < -0.3 is 10.1 Å². The highest BCUT2D eigenvalue weighted by Crippen LogP contribution is 2.26. The molecular formula is C12H13NO2S. The molecule has 3 nitrogen and oxygen atoms in total. The molecule has 1 amide bonds. The second kappa shape index (κ2) is 5.07. The lowest BCUT2D eigenvalue weighted by molar-refractivity contribution is -0.112. The first-order chi connectivity index (χ1) is 9.84. The van der Waals surface area contributed by atoms with Crippen LogP contribution in [0.2, 0.25) is 0 Å². The Hall–Kier alpha value is -1.42. The van der Waals surface area contributed by atoms with Gasteiger partial charge in [-0.15, -0.1) is 11.8 Å². The summed E-state index contributed by atoms with van der Waals surface area (Å²) in [4.78, 5) is 12.5. The van der Waals surface area contributed by atoms with Crippen LogP contribution in [0, 0.1) is 0 Å². The fourth-order valence-corrected chi connectivity index (χ4v) is 2.03. The van der Waals surface area contributed by atoms with E-state index < -0.39 is 36.1 Å². The smallest absolute Gasteiger partial charge is 0.265 e. The van der Waals surface area contributed by atoms with Gasteiger partial charge in [0.15, 0.2) is 0 Å². The molecular weight excluding hydrogens is 222 g/mol. The summed E-state index contributed by atoms with van der Waals surface area (Å²) >= 11 is 1.31. The van der Waals surface area contributed by atoms with E-state index in [-0.39, 0.29) is 5.69 Å². The molecule has 0 aromatic heterocycles. The lowest BCUT2D eigenvalue weighted by atomic mass is 10.3. The molecule has 84 valence electrons. The molecule has 1 aliphatic heterocycles. The van der Waals surface area contributed by atoms with Gasteiger partial charge in [-0.25, -0.2) is 0 Å². The molecule has 1 aliphatic rings. The number of hydrogen-bond donors (Lipinski definition) is 1. The molecule has 0 unspecified atom stereocenters. The van der Waals surface area contributed by atoms with Crippen LogP contribution in [0.1, 0.15) is 13.8 Å². The molecule has 4 heteroatoms. The number of anilines is 1. The highest BCUT2D eigenvalue weighted by atomic mass is 32.2. The average molecular weight is 240 g/mol. The van der Waals surface area contributed by atoms with Gasteiger partial charge in [0.2, 0.25) is 0 Å². The molecule has 2 rings (SSSR count). The molecule has 1 aromatic carbocycles. The lowest BCUT2D eigenvalue weighted by Crippen LogP contribution is -2.18. The Morgan fingerprint density at radius 3 is 2.94 bits per heavy atom. The minimum Gasteiger partial charge on any atom is -0.496 e. The maximum absolute atomic E-state index is 12.2. The van der Waals surface area contributed by atoms with Crippen LogP contribution in [0.3, 0.4) is 0 Å². The quantitative estimate of drug-likeness (QED) is 0.863. The summed E-state index contributed by atoms with van der Waals surface area (Å²) in [6.45, 7) is 2.17. The zero-order valence-corrected chi connectivity index (χ0v) is 9.46. The van der Waals surface area contributed by atoms with Crippen molar-refractivity contribution in [2.75, 3.05) is 17.7 Å². The van der Waals surface area contributed by atoms with E-state index in [0.29, 0.717) is 23.0 Å². The van der Waals surface area contributed by atoms with Gasteiger partial charge in [0.25, 0.3) is 5.91 Å². The van der Waals surface area contributed by atoms with E-state index in [0.717, 1.165) is 0 Å². The number of amides is 1. The molecule has 0 bridgehead atoms. The van der Waals surface area contributed by atoms with Crippen LogP contribution in [0.5, 0.6) is 0 Å². The SMILES string of the molecule is [2H]c1c([2H])c([2H])c(NC(=O)C2=C(C)OCCS2)c([2H])c1[2H]. The standard InChI is InChI=1S/C12H13NO2S/c1-9-11(16-8-7-15-9)12(14)13-10-5-3-2-4-6-10/h2-6H,7-8H2,1H3,(H,13,14)/i2D,3D,4D,5D,6D. The van der Waals surface area contributed by atoms with E-state index in [1.807, 2.05) is 0 Å². The normalized spacial score (nSPS) is 19.9. The number of rotatable bonds is 2. The van der Waals surface area contributed by atoms with Crippen molar-refractivity contribution in [2.45, 2.75) is 6.92 Å². The van der Waals surface area contributed by atoms with Crippen LogP contribution in [-0.2, 0) is 9.53 Å². The summed E-state index contributed by atoms with van der Waals surface area (Å²) < 4.78 is 43.4. The van der Waals surface area contributed by atoms with Crippen LogP contribution in [0.25, 0.3) is 0 Å². The van der Waals surface area contributed by atoms with E-state index in [1.165, 1.54) is 11.8 Å². The minimum absolute atomic E-state index is 0.225. The number of hydrogen-bond acceptors (Lipinski definition) is 3.